The number of rotatable bonds is 4. The van der Waals surface area contributed by atoms with Crippen LogP contribution in [-0.4, -0.2) is 30.0 Å². The molecule has 8 heteroatoms. The van der Waals surface area contributed by atoms with E-state index in [0.29, 0.717) is 23.1 Å². The van der Waals surface area contributed by atoms with Crippen molar-refractivity contribution >= 4 is 46.7 Å². The molecule has 26 heavy (non-hydrogen) atoms. The molecule has 1 aliphatic heterocycles. The first-order valence-corrected chi connectivity index (χ1v) is 8.83. The molecule has 142 valence electrons. The summed E-state index contributed by atoms with van der Waals surface area (Å²) >= 11 is 3.41. The summed E-state index contributed by atoms with van der Waals surface area (Å²) in [4.78, 5) is 16.9. The molecule has 2 aromatic rings. The average molecular weight is 463 g/mol. The molecule has 1 saturated heterocycles. The van der Waals surface area contributed by atoms with Crippen LogP contribution in [0.4, 0.5) is 0 Å². The number of nitrogens with one attached hydrogen (secondary N) is 2. The van der Waals surface area contributed by atoms with E-state index in [4.69, 9.17) is 4.74 Å². The van der Waals surface area contributed by atoms with Gasteiger partial charge in [0, 0.05) is 16.7 Å². The van der Waals surface area contributed by atoms with Crippen LogP contribution in [0.2, 0.25) is 0 Å². The van der Waals surface area contributed by atoms with Crippen LogP contribution in [0.25, 0.3) is 0 Å². The Bertz CT molecular complexity index is 733. The molecular formula is C18H22BrCl2N3O2. The lowest BCUT2D eigenvalue weighted by atomic mass is 9.95. The lowest BCUT2D eigenvalue weighted by Crippen LogP contribution is -2.48. The van der Waals surface area contributed by atoms with E-state index in [2.05, 4.69) is 38.5 Å². The molecule has 1 fully saturated rings. The number of piperidine rings is 1. The van der Waals surface area contributed by atoms with Gasteiger partial charge in [-0.15, -0.1) is 24.8 Å². The average Bonchev–Trinajstić information content (AvgIpc) is 2.57. The van der Waals surface area contributed by atoms with Crippen molar-refractivity contribution < 1.29 is 9.53 Å². The Balaban J connectivity index is 0.00000169. The number of pyridine rings is 1. The zero-order valence-electron chi connectivity index (χ0n) is 14.3. The number of carbonyl (C=O) groups excluding carboxylic acids is 1. The topological polar surface area (TPSA) is 63.2 Å². The maximum atomic E-state index is 12.7. The van der Waals surface area contributed by atoms with Gasteiger partial charge < -0.3 is 15.4 Å². The van der Waals surface area contributed by atoms with Crippen LogP contribution in [0.15, 0.2) is 47.1 Å². The van der Waals surface area contributed by atoms with Crippen LogP contribution in [0.5, 0.6) is 11.6 Å². The Morgan fingerprint density at radius 2 is 2.12 bits per heavy atom. The molecule has 2 unspecified atom stereocenters. The number of amides is 1. The second-order valence-electron chi connectivity index (χ2n) is 5.97. The van der Waals surface area contributed by atoms with E-state index in [1.54, 1.807) is 18.3 Å². The van der Waals surface area contributed by atoms with Gasteiger partial charge in [-0.05, 0) is 55.8 Å². The van der Waals surface area contributed by atoms with E-state index in [0.717, 1.165) is 24.0 Å². The van der Waals surface area contributed by atoms with Crippen molar-refractivity contribution in [1.82, 2.24) is 15.6 Å². The number of carbonyl (C=O) groups is 1. The molecule has 1 aromatic heterocycles. The molecule has 1 aromatic carbocycles. The lowest BCUT2D eigenvalue weighted by Gasteiger charge is -2.30. The zero-order valence-corrected chi connectivity index (χ0v) is 17.5. The Kier molecular flexibility index (Phi) is 9.36. The van der Waals surface area contributed by atoms with E-state index >= 15 is 0 Å². The lowest BCUT2D eigenvalue weighted by molar-refractivity contribution is 0.0911. The summed E-state index contributed by atoms with van der Waals surface area (Å²) in [5.74, 6) is 1.20. The highest BCUT2D eigenvalue weighted by atomic mass is 79.9. The molecule has 5 nitrogen and oxygen atoms in total. The van der Waals surface area contributed by atoms with Gasteiger partial charge in [0.05, 0.1) is 0 Å². The maximum Gasteiger partial charge on any atom is 0.257 e. The monoisotopic (exact) mass is 461 g/mol. The number of hydrogen-bond acceptors (Lipinski definition) is 4. The van der Waals surface area contributed by atoms with Gasteiger partial charge in [-0.2, -0.15) is 0 Å². The van der Waals surface area contributed by atoms with Crippen molar-refractivity contribution in [2.24, 2.45) is 5.92 Å². The minimum Gasteiger partial charge on any atom is -0.438 e. The Hall–Kier alpha value is -1.34. The van der Waals surface area contributed by atoms with Crippen molar-refractivity contribution in [3.63, 3.8) is 0 Å². The van der Waals surface area contributed by atoms with Crippen LogP contribution in [0.3, 0.4) is 0 Å². The van der Waals surface area contributed by atoms with Gasteiger partial charge >= 0.3 is 0 Å². The van der Waals surface area contributed by atoms with Crippen molar-refractivity contribution in [3.8, 4) is 11.6 Å². The first-order chi connectivity index (χ1) is 11.6. The predicted octanol–water partition coefficient (Wildman–Crippen LogP) is 4.21. The van der Waals surface area contributed by atoms with Crippen molar-refractivity contribution in [1.29, 1.82) is 0 Å². The summed E-state index contributed by atoms with van der Waals surface area (Å²) in [7, 11) is 0. The third kappa shape index (κ3) is 5.84. The van der Waals surface area contributed by atoms with Gasteiger partial charge in [0.1, 0.15) is 11.3 Å². The number of halogens is 3. The van der Waals surface area contributed by atoms with Crippen LogP contribution in [0.1, 0.15) is 23.7 Å². The summed E-state index contributed by atoms with van der Waals surface area (Å²) in [5.41, 5.74) is 0.447. The largest absolute Gasteiger partial charge is 0.438 e. The van der Waals surface area contributed by atoms with Gasteiger partial charge in [0.2, 0.25) is 5.88 Å². The molecule has 0 aliphatic carbocycles. The molecule has 2 atom stereocenters. The molecule has 0 saturated carbocycles. The molecule has 2 heterocycles. The summed E-state index contributed by atoms with van der Waals surface area (Å²) in [5, 5.41) is 6.45. The van der Waals surface area contributed by atoms with E-state index in [1.807, 2.05) is 24.3 Å². The van der Waals surface area contributed by atoms with Crippen molar-refractivity contribution in [2.75, 3.05) is 13.1 Å². The molecular weight excluding hydrogens is 441 g/mol. The van der Waals surface area contributed by atoms with Gasteiger partial charge in [-0.3, -0.25) is 4.79 Å². The molecule has 1 amide bonds. The molecule has 1 aliphatic rings. The second kappa shape index (κ2) is 10.7. The number of benzene rings is 1. The first kappa shape index (κ1) is 22.7. The smallest absolute Gasteiger partial charge is 0.257 e. The Morgan fingerprint density at radius 1 is 1.31 bits per heavy atom. The minimum absolute atomic E-state index is 0. The van der Waals surface area contributed by atoms with Gasteiger partial charge in [-0.1, -0.05) is 28.9 Å². The molecule has 0 spiro atoms. The number of hydrogen-bond donors (Lipinski definition) is 2. The fourth-order valence-electron chi connectivity index (χ4n) is 2.76. The highest BCUT2D eigenvalue weighted by Gasteiger charge is 2.24. The third-order valence-corrected chi connectivity index (χ3v) is 4.62. The zero-order chi connectivity index (χ0) is 16.9. The predicted molar refractivity (Wildman–Crippen MR) is 111 cm³/mol. The third-order valence-electron chi connectivity index (χ3n) is 4.13. The summed E-state index contributed by atoms with van der Waals surface area (Å²) in [6, 6.07) is 11.1. The fourth-order valence-corrected chi connectivity index (χ4v) is 3.14. The summed E-state index contributed by atoms with van der Waals surface area (Å²) in [6.07, 6.45) is 2.55. The second-order valence-corrected chi connectivity index (χ2v) is 6.88. The van der Waals surface area contributed by atoms with Gasteiger partial charge in [-0.25, -0.2) is 4.98 Å². The maximum absolute atomic E-state index is 12.7. The first-order valence-electron chi connectivity index (χ1n) is 8.03. The van der Waals surface area contributed by atoms with Crippen LogP contribution < -0.4 is 15.4 Å². The minimum atomic E-state index is -0.146. The highest BCUT2D eigenvalue weighted by Crippen LogP contribution is 2.25. The quantitative estimate of drug-likeness (QED) is 0.714. The number of aromatic nitrogens is 1. The van der Waals surface area contributed by atoms with Crippen molar-refractivity contribution in [2.45, 2.75) is 19.4 Å². The molecule has 3 rings (SSSR count). The highest BCUT2D eigenvalue weighted by molar-refractivity contribution is 9.10. The summed E-state index contributed by atoms with van der Waals surface area (Å²) < 4.78 is 6.72. The van der Waals surface area contributed by atoms with E-state index < -0.39 is 0 Å². The van der Waals surface area contributed by atoms with Gasteiger partial charge in [0.25, 0.3) is 5.91 Å². The van der Waals surface area contributed by atoms with Crippen LogP contribution in [0, 0.1) is 5.92 Å². The fraction of sp³-hybridized carbons (Fsp3) is 0.333. The van der Waals surface area contributed by atoms with E-state index in [9.17, 15) is 4.79 Å². The normalized spacial score (nSPS) is 18.8. The van der Waals surface area contributed by atoms with E-state index in [-0.39, 0.29) is 36.8 Å². The number of nitrogens with zero attached hydrogens (tertiary/aromatic N) is 1. The molecule has 0 bridgehead atoms. The molecule has 2 N–H and O–H groups in total. The Labute approximate surface area is 174 Å². The standard InChI is InChI=1S/C18H20BrN3O2.2ClH/c1-12-11-20-9-7-16(12)22-17(23)15-6-3-8-21-18(15)24-14-5-2-4-13(19)10-14;;/h2-6,8,10,12,16,20H,7,9,11H2,1H3,(H,22,23);2*1H. The molecule has 0 radical (unpaired) electrons. The van der Waals surface area contributed by atoms with Gasteiger partial charge in [0.15, 0.2) is 0 Å². The van der Waals surface area contributed by atoms with Crippen LogP contribution in [-0.2, 0) is 0 Å². The Morgan fingerprint density at radius 3 is 2.85 bits per heavy atom. The SMILES string of the molecule is CC1CNCCC1NC(=O)c1cccnc1Oc1cccc(Br)c1.Cl.Cl. The van der Waals surface area contributed by atoms with Crippen molar-refractivity contribution in [3.05, 3.63) is 52.6 Å². The summed E-state index contributed by atoms with van der Waals surface area (Å²) in [6.45, 7) is 3.97. The van der Waals surface area contributed by atoms with E-state index in [1.165, 1.54) is 0 Å². The van der Waals surface area contributed by atoms with Crippen LogP contribution >= 0.6 is 40.7 Å². The number of ether oxygens (including phenoxy) is 1.